The van der Waals surface area contributed by atoms with Crippen molar-refractivity contribution in [1.29, 1.82) is 0 Å². The van der Waals surface area contributed by atoms with Crippen molar-refractivity contribution in [3.63, 3.8) is 0 Å². The Morgan fingerprint density at radius 2 is 2.41 bits per heavy atom. The third-order valence-corrected chi connectivity index (χ3v) is 2.59. The SMILES string of the molecule is CC#CC#C/C=C1\C=C[C@@]2(CC[C@H](OC)O2)O1. The molecule has 0 bridgehead atoms. The van der Waals surface area contributed by atoms with E-state index >= 15 is 0 Å². The highest BCUT2D eigenvalue weighted by atomic mass is 16.8. The molecule has 88 valence electrons. The molecule has 0 aromatic rings. The fraction of sp³-hybridized carbons (Fsp3) is 0.429. The molecule has 1 fully saturated rings. The zero-order valence-corrected chi connectivity index (χ0v) is 9.95. The Morgan fingerprint density at radius 3 is 3.12 bits per heavy atom. The predicted octanol–water partition coefficient (Wildman–Crippen LogP) is 1.96. The summed E-state index contributed by atoms with van der Waals surface area (Å²) in [6.07, 6.45) is 6.91. The maximum absolute atomic E-state index is 5.72. The second-order valence-electron chi connectivity index (χ2n) is 3.76. The Balaban J connectivity index is 1.99. The third kappa shape index (κ3) is 2.71. The molecule has 3 nitrogen and oxygen atoms in total. The first-order valence-corrected chi connectivity index (χ1v) is 5.49. The molecule has 0 unspecified atom stereocenters. The van der Waals surface area contributed by atoms with E-state index in [4.69, 9.17) is 14.2 Å². The topological polar surface area (TPSA) is 27.7 Å². The monoisotopic (exact) mass is 230 g/mol. The molecule has 1 saturated heterocycles. The highest BCUT2D eigenvalue weighted by Crippen LogP contribution is 2.38. The average molecular weight is 230 g/mol. The van der Waals surface area contributed by atoms with Crippen molar-refractivity contribution in [1.82, 2.24) is 0 Å². The van der Waals surface area contributed by atoms with Crippen LogP contribution in [0.25, 0.3) is 0 Å². The molecule has 0 aliphatic carbocycles. The first kappa shape index (κ1) is 11.8. The quantitative estimate of drug-likeness (QED) is 0.644. The fourth-order valence-electron chi connectivity index (χ4n) is 1.78. The highest BCUT2D eigenvalue weighted by molar-refractivity contribution is 5.35. The van der Waals surface area contributed by atoms with E-state index < -0.39 is 5.79 Å². The molecule has 17 heavy (non-hydrogen) atoms. The van der Waals surface area contributed by atoms with Gasteiger partial charge in [-0.1, -0.05) is 11.8 Å². The van der Waals surface area contributed by atoms with Gasteiger partial charge in [0.15, 0.2) is 6.29 Å². The minimum absolute atomic E-state index is 0.184. The summed E-state index contributed by atoms with van der Waals surface area (Å²) in [5.41, 5.74) is 0. The molecule has 0 aromatic carbocycles. The smallest absolute Gasteiger partial charge is 0.233 e. The van der Waals surface area contributed by atoms with Crippen molar-refractivity contribution in [3.8, 4) is 23.7 Å². The fourth-order valence-corrected chi connectivity index (χ4v) is 1.78. The summed E-state index contributed by atoms with van der Waals surface area (Å²) >= 11 is 0. The van der Waals surface area contributed by atoms with Gasteiger partial charge in [-0.25, -0.2) is 0 Å². The first-order valence-electron chi connectivity index (χ1n) is 5.49. The summed E-state index contributed by atoms with van der Waals surface area (Å²) in [4.78, 5) is 0. The molecule has 3 heteroatoms. The maximum atomic E-state index is 5.72. The molecule has 0 amide bonds. The summed E-state index contributed by atoms with van der Waals surface area (Å²) in [6, 6.07) is 0. The largest absolute Gasteiger partial charge is 0.458 e. The molecular weight excluding hydrogens is 216 g/mol. The molecule has 2 rings (SSSR count). The number of hydrogen-bond donors (Lipinski definition) is 0. The van der Waals surface area contributed by atoms with Crippen LogP contribution in [-0.4, -0.2) is 19.2 Å². The van der Waals surface area contributed by atoms with E-state index in [1.165, 1.54) is 0 Å². The average Bonchev–Trinajstić information content (AvgIpc) is 2.93. The van der Waals surface area contributed by atoms with Crippen LogP contribution in [0, 0.1) is 23.7 Å². The molecule has 2 atom stereocenters. The molecule has 0 radical (unpaired) electrons. The van der Waals surface area contributed by atoms with Gasteiger partial charge in [0, 0.05) is 26.0 Å². The lowest BCUT2D eigenvalue weighted by Gasteiger charge is -2.22. The summed E-state index contributed by atoms with van der Waals surface area (Å²) in [5.74, 6) is 10.9. The van der Waals surface area contributed by atoms with Crippen LogP contribution in [0.15, 0.2) is 24.0 Å². The van der Waals surface area contributed by atoms with Gasteiger partial charge in [0.2, 0.25) is 5.79 Å². The van der Waals surface area contributed by atoms with Crippen molar-refractivity contribution < 1.29 is 14.2 Å². The van der Waals surface area contributed by atoms with Crippen LogP contribution in [0.3, 0.4) is 0 Å². The van der Waals surface area contributed by atoms with E-state index in [9.17, 15) is 0 Å². The number of ether oxygens (including phenoxy) is 3. The Hall–Kier alpha value is -1.68. The summed E-state index contributed by atoms with van der Waals surface area (Å²) in [7, 11) is 1.63. The Morgan fingerprint density at radius 1 is 1.53 bits per heavy atom. The summed E-state index contributed by atoms with van der Waals surface area (Å²) < 4.78 is 16.5. The summed E-state index contributed by atoms with van der Waals surface area (Å²) in [5, 5.41) is 0. The standard InChI is InChI=1S/C14H14O3/c1-3-4-5-6-7-12-8-10-14(16-12)11-9-13(15-2)17-14/h7-8,10,13H,9,11H2,1-2H3/b12-7+/t13-,14-/m1/s1. The zero-order valence-electron chi connectivity index (χ0n) is 9.95. The molecule has 2 aliphatic heterocycles. The lowest BCUT2D eigenvalue weighted by Crippen LogP contribution is -2.27. The van der Waals surface area contributed by atoms with Gasteiger partial charge in [0.05, 0.1) is 0 Å². The predicted molar refractivity (Wildman–Crippen MR) is 63.4 cm³/mol. The highest BCUT2D eigenvalue weighted by Gasteiger charge is 2.43. The van der Waals surface area contributed by atoms with E-state index in [-0.39, 0.29) is 6.29 Å². The van der Waals surface area contributed by atoms with Gasteiger partial charge >= 0.3 is 0 Å². The zero-order chi connectivity index (χ0) is 12.1. The lowest BCUT2D eigenvalue weighted by atomic mass is 10.2. The van der Waals surface area contributed by atoms with Gasteiger partial charge in [-0.05, 0) is 30.9 Å². The van der Waals surface area contributed by atoms with Gasteiger partial charge in [-0.2, -0.15) is 0 Å². The van der Waals surface area contributed by atoms with E-state index in [1.54, 1.807) is 20.1 Å². The van der Waals surface area contributed by atoms with Gasteiger partial charge < -0.3 is 14.2 Å². The lowest BCUT2D eigenvalue weighted by molar-refractivity contribution is -0.218. The van der Waals surface area contributed by atoms with Crippen LogP contribution >= 0.6 is 0 Å². The van der Waals surface area contributed by atoms with Crippen LogP contribution in [0.2, 0.25) is 0 Å². The van der Waals surface area contributed by atoms with Crippen LogP contribution in [0.4, 0.5) is 0 Å². The van der Waals surface area contributed by atoms with Crippen molar-refractivity contribution >= 4 is 0 Å². The number of methoxy groups -OCH3 is 1. The van der Waals surface area contributed by atoms with Gasteiger partial charge in [0.1, 0.15) is 5.76 Å². The van der Waals surface area contributed by atoms with Gasteiger partial charge in [-0.15, -0.1) is 0 Å². The Kier molecular flexibility index (Phi) is 3.54. The maximum Gasteiger partial charge on any atom is 0.233 e. The van der Waals surface area contributed by atoms with E-state index in [0.717, 1.165) is 12.8 Å². The second kappa shape index (κ2) is 5.10. The van der Waals surface area contributed by atoms with Crippen molar-refractivity contribution in [2.24, 2.45) is 0 Å². The van der Waals surface area contributed by atoms with Gasteiger partial charge in [-0.3, -0.25) is 0 Å². The Bertz CT molecular complexity index is 467. The molecular formula is C14H14O3. The molecule has 0 aromatic heterocycles. The third-order valence-electron chi connectivity index (χ3n) is 2.59. The van der Waals surface area contributed by atoms with E-state index in [2.05, 4.69) is 23.7 Å². The van der Waals surface area contributed by atoms with Crippen LogP contribution < -0.4 is 0 Å². The molecule has 2 heterocycles. The van der Waals surface area contributed by atoms with Crippen LogP contribution in [-0.2, 0) is 14.2 Å². The number of allylic oxidation sites excluding steroid dienone is 2. The number of hydrogen-bond acceptors (Lipinski definition) is 3. The Labute approximate surface area is 101 Å². The van der Waals surface area contributed by atoms with Crippen LogP contribution in [0.5, 0.6) is 0 Å². The van der Waals surface area contributed by atoms with E-state index in [1.807, 2.05) is 12.2 Å². The van der Waals surface area contributed by atoms with Crippen LogP contribution in [0.1, 0.15) is 19.8 Å². The first-order chi connectivity index (χ1) is 8.28. The van der Waals surface area contributed by atoms with Crippen molar-refractivity contribution in [3.05, 3.63) is 24.0 Å². The molecule has 0 saturated carbocycles. The van der Waals surface area contributed by atoms with Crippen molar-refractivity contribution in [2.75, 3.05) is 7.11 Å². The number of rotatable bonds is 1. The minimum Gasteiger partial charge on any atom is -0.458 e. The normalized spacial score (nSPS) is 31.9. The second-order valence-corrected chi connectivity index (χ2v) is 3.76. The summed E-state index contributed by atoms with van der Waals surface area (Å²) in [6.45, 7) is 1.75. The minimum atomic E-state index is -0.648. The van der Waals surface area contributed by atoms with Gasteiger partial charge in [0.25, 0.3) is 0 Å². The van der Waals surface area contributed by atoms with E-state index in [0.29, 0.717) is 5.76 Å². The molecule has 0 N–H and O–H groups in total. The molecule has 2 aliphatic rings. The van der Waals surface area contributed by atoms with Crippen molar-refractivity contribution in [2.45, 2.75) is 31.8 Å². The molecule has 1 spiro atoms.